The fourth-order valence-corrected chi connectivity index (χ4v) is 2.86. The number of hydrogen-bond acceptors (Lipinski definition) is 5. The maximum absolute atomic E-state index is 12.2. The molecular formula is C15H18ClN5O3. The number of aromatic nitrogens is 2. The fourth-order valence-electron chi connectivity index (χ4n) is 2.86. The number of nitrogens with zero attached hydrogens (tertiary/aromatic N) is 2. The minimum absolute atomic E-state index is 0. The van der Waals surface area contributed by atoms with Gasteiger partial charge in [0.1, 0.15) is 5.69 Å². The van der Waals surface area contributed by atoms with Crippen LogP contribution in [-0.4, -0.2) is 34.1 Å². The lowest BCUT2D eigenvalue weighted by molar-refractivity contribution is -0.385. The van der Waals surface area contributed by atoms with Crippen molar-refractivity contribution in [2.24, 2.45) is 0 Å². The van der Waals surface area contributed by atoms with E-state index in [2.05, 4.69) is 26.9 Å². The summed E-state index contributed by atoms with van der Waals surface area (Å²) in [4.78, 5) is 22.6. The molecule has 128 valence electrons. The van der Waals surface area contributed by atoms with Crippen LogP contribution in [0.15, 0.2) is 24.3 Å². The summed E-state index contributed by atoms with van der Waals surface area (Å²) in [6.07, 6.45) is 0.949. The standard InChI is InChI=1S/C15H17N5O3.ClH/c1-9-14(20(22)23)13(19-18-9)15(21)17-8-12-11-5-3-2-4-10(11)6-7-16-12;/h2-5,12,16H,6-8H2,1H3,(H,17,21)(H,18,19);1H. The Kier molecular flexibility index (Phi) is 5.53. The number of nitrogens with one attached hydrogen (secondary N) is 3. The van der Waals surface area contributed by atoms with Gasteiger partial charge in [-0.05, 0) is 31.0 Å². The van der Waals surface area contributed by atoms with Gasteiger partial charge in [0.2, 0.25) is 5.69 Å². The predicted octanol–water partition coefficient (Wildman–Crippen LogP) is 1.66. The van der Waals surface area contributed by atoms with Gasteiger partial charge < -0.3 is 10.6 Å². The Labute approximate surface area is 144 Å². The van der Waals surface area contributed by atoms with Crippen LogP contribution in [0.2, 0.25) is 0 Å². The maximum atomic E-state index is 12.2. The lowest BCUT2D eigenvalue weighted by atomic mass is 9.94. The molecule has 2 heterocycles. The average molecular weight is 352 g/mol. The second-order valence-corrected chi connectivity index (χ2v) is 5.47. The number of rotatable bonds is 4. The number of halogens is 1. The van der Waals surface area contributed by atoms with Gasteiger partial charge in [0, 0.05) is 12.6 Å². The summed E-state index contributed by atoms with van der Waals surface area (Å²) in [5.74, 6) is -0.550. The highest BCUT2D eigenvalue weighted by molar-refractivity contribution is 5.96. The first-order chi connectivity index (χ1) is 11.1. The molecule has 2 aromatic rings. The van der Waals surface area contributed by atoms with Crippen LogP contribution in [0.25, 0.3) is 0 Å². The van der Waals surface area contributed by atoms with Crippen LogP contribution >= 0.6 is 12.4 Å². The van der Waals surface area contributed by atoms with E-state index in [-0.39, 0.29) is 35.5 Å². The van der Waals surface area contributed by atoms with E-state index in [4.69, 9.17) is 0 Å². The molecule has 0 bridgehead atoms. The zero-order chi connectivity index (χ0) is 16.4. The SMILES string of the molecule is Cc1[nH]nc(C(=O)NCC2NCCc3ccccc32)c1[N+](=O)[O-].Cl. The average Bonchev–Trinajstić information content (AvgIpc) is 2.94. The summed E-state index contributed by atoms with van der Waals surface area (Å²) >= 11 is 0. The first-order valence-electron chi connectivity index (χ1n) is 7.36. The molecule has 1 amide bonds. The molecule has 1 atom stereocenters. The minimum Gasteiger partial charge on any atom is -0.348 e. The molecule has 0 saturated heterocycles. The van der Waals surface area contributed by atoms with Crippen molar-refractivity contribution in [2.75, 3.05) is 13.1 Å². The third-order valence-electron chi connectivity index (χ3n) is 3.99. The number of amides is 1. The number of carbonyl (C=O) groups excluding carboxylic acids is 1. The topological polar surface area (TPSA) is 113 Å². The Morgan fingerprint density at radius 2 is 2.21 bits per heavy atom. The maximum Gasteiger partial charge on any atom is 0.322 e. The molecule has 0 radical (unpaired) electrons. The molecule has 9 heteroatoms. The molecule has 1 aromatic heterocycles. The summed E-state index contributed by atoms with van der Waals surface area (Å²) in [5.41, 5.74) is 2.20. The molecule has 1 aliphatic heterocycles. The smallest absolute Gasteiger partial charge is 0.322 e. The summed E-state index contributed by atoms with van der Waals surface area (Å²) in [7, 11) is 0. The van der Waals surface area contributed by atoms with E-state index in [0.717, 1.165) is 18.5 Å². The number of benzene rings is 1. The number of hydrogen-bond donors (Lipinski definition) is 3. The second kappa shape index (κ2) is 7.41. The van der Waals surface area contributed by atoms with E-state index in [9.17, 15) is 14.9 Å². The Morgan fingerprint density at radius 3 is 2.96 bits per heavy atom. The third-order valence-corrected chi connectivity index (χ3v) is 3.99. The highest BCUT2D eigenvalue weighted by atomic mass is 35.5. The molecule has 0 fully saturated rings. The summed E-state index contributed by atoms with van der Waals surface area (Å²) in [5, 5.41) is 23.3. The number of fused-ring (bicyclic) bond motifs is 1. The van der Waals surface area contributed by atoms with Crippen LogP contribution in [0.1, 0.15) is 33.4 Å². The van der Waals surface area contributed by atoms with Crippen LogP contribution in [0.5, 0.6) is 0 Å². The van der Waals surface area contributed by atoms with Crippen molar-refractivity contribution in [1.29, 1.82) is 0 Å². The molecule has 1 aromatic carbocycles. The van der Waals surface area contributed by atoms with Crippen molar-refractivity contribution in [3.63, 3.8) is 0 Å². The second-order valence-electron chi connectivity index (χ2n) is 5.47. The van der Waals surface area contributed by atoms with E-state index in [1.54, 1.807) is 0 Å². The van der Waals surface area contributed by atoms with Crippen LogP contribution in [0, 0.1) is 17.0 Å². The van der Waals surface area contributed by atoms with Crippen molar-refractivity contribution in [3.8, 4) is 0 Å². The predicted molar refractivity (Wildman–Crippen MR) is 90.5 cm³/mol. The Balaban J connectivity index is 0.00000208. The van der Waals surface area contributed by atoms with E-state index in [0.29, 0.717) is 6.54 Å². The lowest BCUT2D eigenvalue weighted by Gasteiger charge is -2.26. The molecule has 1 unspecified atom stereocenters. The van der Waals surface area contributed by atoms with Crippen molar-refractivity contribution < 1.29 is 9.72 Å². The van der Waals surface area contributed by atoms with Crippen molar-refractivity contribution in [2.45, 2.75) is 19.4 Å². The summed E-state index contributed by atoms with van der Waals surface area (Å²) in [6.45, 7) is 2.69. The van der Waals surface area contributed by atoms with Gasteiger partial charge in [-0.1, -0.05) is 24.3 Å². The first-order valence-corrected chi connectivity index (χ1v) is 7.36. The normalized spacial score (nSPS) is 16.0. The molecule has 0 aliphatic carbocycles. The van der Waals surface area contributed by atoms with E-state index >= 15 is 0 Å². The van der Waals surface area contributed by atoms with Gasteiger partial charge in [0.25, 0.3) is 5.91 Å². The minimum atomic E-state index is -0.595. The first kappa shape index (κ1) is 17.9. The molecule has 3 rings (SSSR count). The zero-order valence-corrected chi connectivity index (χ0v) is 13.9. The van der Waals surface area contributed by atoms with Gasteiger partial charge in [-0.25, -0.2) is 0 Å². The number of nitro groups is 1. The number of aryl methyl sites for hydroxylation is 1. The van der Waals surface area contributed by atoms with Crippen molar-refractivity contribution >= 4 is 24.0 Å². The zero-order valence-electron chi connectivity index (χ0n) is 13.0. The molecule has 8 nitrogen and oxygen atoms in total. The van der Waals surface area contributed by atoms with Gasteiger partial charge in [-0.2, -0.15) is 5.10 Å². The monoisotopic (exact) mass is 351 g/mol. The lowest BCUT2D eigenvalue weighted by Crippen LogP contribution is -2.39. The molecule has 1 aliphatic rings. The van der Waals surface area contributed by atoms with Crippen LogP contribution in [0.4, 0.5) is 5.69 Å². The highest BCUT2D eigenvalue weighted by Gasteiger charge is 2.28. The molecule has 0 spiro atoms. The third kappa shape index (κ3) is 3.39. The molecule has 24 heavy (non-hydrogen) atoms. The van der Waals surface area contributed by atoms with Gasteiger partial charge >= 0.3 is 5.69 Å². The fraction of sp³-hybridized carbons (Fsp3) is 0.333. The largest absolute Gasteiger partial charge is 0.348 e. The molecule has 3 N–H and O–H groups in total. The summed E-state index contributed by atoms with van der Waals surface area (Å²) < 4.78 is 0. The van der Waals surface area contributed by atoms with E-state index in [1.165, 1.54) is 12.5 Å². The highest BCUT2D eigenvalue weighted by Crippen LogP contribution is 2.23. The van der Waals surface area contributed by atoms with Gasteiger partial charge in [0.05, 0.1) is 4.92 Å². The van der Waals surface area contributed by atoms with Crippen LogP contribution in [0.3, 0.4) is 0 Å². The van der Waals surface area contributed by atoms with E-state index < -0.39 is 10.8 Å². The van der Waals surface area contributed by atoms with Gasteiger partial charge in [0.15, 0.2) is 0 Å². The van der Waals surface area contributed by atoms with E-state index in [1.807, 2.05) is 18.2 Å². The summed E-state index contributed by atoms with van der Waals surface area (Å²) in [6, 6.07) is 8.05. The van der Waals surface area contributed by atoms with Gasteiger partial charge in [-0.15, -0.1) is 12.4 Å². The Morgan fingerprint density at radius 1 is 1.46 bits per heavy atom. The quantitative estimate of drug-likeness (QED) is 0.572. The van der Waals surface area contributed by atoms with Gasteiger partial charge in [-0.3, -0.25) is 20.0 Å². The van der Waals surface area contributed by atoms with Crippen LogP contribution < -0.4 is 10.6 Å². The van der Waals surface area contributed by atoms with Crippen LogP contribution in [-0.2, 0) is 6.42 Å². The van der Waals surface area contributed by atoms with Crippen molar-refractivity contribution in [3.05, 3.63) is 56.9 Å². The number of carbonyl (C=O) groups is 1. The number of aromatic amines is 1. The molecule has 0 saturated carbocycles. The number of H-pyrrole nitrogens is 1. The Bertz CT molecular complexity index is 761. The Hall–Kier alpha value is -2.45. The van der Waals surface area contributed by atoms with Crippen molar-refractivity contribution in [1.82, 2.24) is 20.8 Å². The molecular weight excluding hydrogens is 334 g/mol.